The van der Waals surface area contributed by atoms with Crippen molar-refractivity contribution in [1.29, 1.82) is 0 Å². The van der Waals surface area contributed by atoms with Crippen LogP contribution in [-0.2, 0) is 13.2 Å². The van der Waals surface area contributed by atoms with Gasteiger partial charge in [0.2, 0.25) is 0 Å². The second kappa shape index (κ2) is 7.53. The van der Waals surface area contributed by atoms with Crippen LogP contribution in [0.2, 0.25) is 10.0 Å². The zero-order valence-electron chi connectivity index (χ0n) is 11.3. The number of rotatable bonds is 6. The van der Waals surface area contributed by atoms with Gasteiger partial charge in [-0.25, -0.2) is 0 Å². The molecule has 0 spiro atoms. The summed E-state index contributed by atoms with van der Waals surface area (Å²) in [5, 5.41) is 4.40. The third kappa shape index (κ3) is 4.41. The van der Waals surface area contributed by atoms with E-state index in [1.165, 1.54) is 5.56 Å². The molecule has 0 aliphatic heterocycles. The lowest BCUT2D eigenvalue weighted by Crippen LogP contribution is -2.11. The van der Waals surface area contributed by atoms with Gasteiger partial charge in [-0.05, 0) is 41.9 Å². The Kier molecular flexibility index (Phi) is 5.72. The van der Waals surface area contributed by atoms with E-state index in [-0.39, 0.29) is 0 Å². The van der Waals surface area contributed by atoms with Gasteiger partial charge in [-0.2, -0.15) is 0 Å². The molecule has 20 heavy (non-hydrogen) atoms. The molecule has 1 N–H and O–H groups in total. The fraction of sp³-hybridized carbons (Fsp3) is 0.250. The van der Waals surface area contributed by atoms with E-state index in [0.717, 1.165) is 24.4 Å². The van der Waals surface area contributed by atoms with Gasteiger partial charge >= 0.3 is 0 Å². The van der Waals surface area contributed by atoms with Gasteiger partial charge in [0.15, 0.2) is 0 Å². The number of hydrogen-bond donors (Lipinski definition) is 1. The van der Waals surface area contributed by atoms with Crippen molar-refractivity contribution in [3.63, 3.8) is 0 Å². The first kappa shape index (κ1) is 15.2. The number of ether oxygens (including phenoxy) is 1. The molecule has 0 aromatic heterocycles. The number of benzene rings is 2. The van der Waals surface area contributed by atoms with Crippen molar-refractivity contribution in [3.05, 3.63) is 63.6 Å². The highest BCUT2D eigenvalue weighted by Crippen LogP contribution is 2.23. The highest BCUT2D eigenvalue weighted by molar-refractivity contribution is 6.42. The number of nitrogens with one attached hydrogen (secondary N) is 1. The van der Waals surface area contributed by atoms with Crippen LogP contribution in [-0.4, -0.2) is 6.54 Å². The van der Waals surface area contributed by atoms with Crippen LogP contribution >= 0.6 is 23.2 Å². The minimum atomic E-state index is 0.474. The average molecular weight is 310 g/mol. The molecule has 0 aliphatic carbocycles. The van der Waals surface area contributed by atoms with Crippen LogP contribution in [0.15, 0.2) is 42.5 Å². The minimum absolute atomic E-state index is 0.474. The predicted molar refractivity (Wildman–Crippen MR) is 84.6 cm³/mol. The van der Waals surface area contributed by atoms with Gasteiger partial charge in [0.25, 0.3) is 0 Å². The molecule has 0 saturated heterocycles. The zero-order valence-corrected chi connectivity index (χ0v) is 12.8. The van der Waals surface area contributed by atoms with Crippen LogP contribution in [0.1, 0.15) is 18.1 Å². The number of hydrogen-bond acceptors (Lipinski definition) is 2. The molecule has 0 atom stereocenters. The maximum atomic E-state index is 5.98. The third-order valence-electron chi connectivity index (χ3n) is 2.87. The molecule has 0 fully saturated rings. The van der Waals surface area contributed by atoms with Gasteiger partial charge in [-0.3, -0.25) is 0 Å². The lowest BCUT2D eigenvalue weighted by molar-refractivity contribution is 0.306. The van der Waals surface area contributed by atoms with Crippen LogP contribution in [0.5, 0.6) is 5.75 Å². The molecule has 0 unspecified atom stereocenters. The van der Waals surface area contributed by atoms with Crippen molar-refractivity contribution in [2.75, 3.05) is 6.54 Å². The van der Waals surface area contributed by atoms with E-state index >= 15 is 0 Å². The second-order valence-corrected chi connectivity index (χ2v) is 5.28. The highest BCUT2D eigenvalue weighted by atomic mass is 35.5. The Morgan fingerprint density at radius 3 is 2.60 bits per heavy atom. The first-order valence-corrected chi connectivity index (χ1v) is 7.31. The van der Waals surface area contributed by atoms with Crippen molar-refractivity contribution < 1.29 is 4.74 Å². The summed E-state index contributed by atoms with van der Waals surface area (Å²) < 4.78 is 5.78. The fourth-order valence-electron chi connectivity index (χ4n) is 1.81. The Labute approximate surface area is 129 Å². The predicted octanol–water partition coefficient (Wildman–Crippen LogP) is 4.68. The zero-order chi connectivity index (χ0) is 14.4. The smallest absolute Gasteiger partial charge is 0.120 e. The van der Waals surface area contributed by atoms with Gasteiger partial charge < -0.3 is 10.1 Å². The molecule has 0 radical (unpaired) electrons. The Morgan fingerprint density at radius 2 is 1.85 bits per heavy atom. The molecule has 4 heteroatoms. The molecule has 2 rings (SSSR count). The summed E-state index contributed by atoms with van der Waals surface area (Å²) in [4.78, 5) is 0. The van der Waals surface area contributed by atoms with Crippen molar-refractivity contribution >= 4 is 23.2 Å². The first-order valence-electron chi connectivity index (χ1n) is 6.55. The quantitative estimate of drug-likeness (QED) is 0.836. The summed E-state index contributed by atoms with van der Waals surface area (Å²) in [6.07, 6.45) is 0. The Bertz CT molecular complexity index is 572. The first-order chi connectivity index (χ1) is 9.69. The monoisotopic (exact) mass is 309 g/mol. The molecule has 2 nitrogen and oxygen atoms in total. The Hall–Kier alpha value is -1.22. The average Bonchev–Trinajstić information content (AvgIpc) is 2.47. The Balaban J connectivity index is 1.97. The summed E-state index contributed by atoms with van der Waals surface area (Å²) in [6, 6.07) is 13.6. The standard InChI is InChI=1S/C16H17Cl2NO/c1-2-19-10-12-4-3-5-14(8-12)20-11-13-6-7-15(17)16(18)9-13/h3-9,19H,2,10-11H2,1H3. The van der Waals surface area contributed by atoms with Gasteiger partial charge in [-0.15, -0.1) is 0 Å². The highest BCUT2D eigenvalue weighted by Gasteiger charge is 2.01. The second-order valence-electron chi connectivity index (χ2n) is 4.46. The molecule has 2 aromatic rings. The van der Waals surface area contributed by atoms with Gasteiger partial charge in [-0.1, -0.05) is 48.3 Å². The lowest BCUT2D eigenvalue weighted by Gasteiger charge is -2.09. The third-order valence-corrected chi connectivity index (χ3v) is 3.61. The molecular weight excluding hydrogens is 293 g/mol. The van der Waals surface area contributed by atoms with Crippen molar-refractivity contribution in [3.8, 4) is 5.75 Å². The summed E-state index contributed by atoms with van der Waals surface area (Å²) in [7, 11) is 0. The minimum Gasteiger partial charge on any atom is -0.489 e. The fourth-order valence-corrected chi connectivity index (χ4v) is 2.13. The van der Waals surface area contributed by atoms with Crippen LogP contribution < -0.4 is 10.1 Å². The molecule has 0 aliphatic rings. The number of halogens is 2. The Morgan fingerprint density at radius 1 is 1.00 bits per heavy atom. The maximum absolute atomic E-state index is 5.98. The normalized spacial score (nSPS) is 10.6. The van der Waals surface area contributed by atoms with Crippen LogP contribution in [0, 0.1) is 0 Å². The molecule has 0 saturated carbocycles. The molecular formula is C16H17Cl2NO. The van der Waals surface area contributed by atoms with Gasteiger partial charge in [0.1, 0.15) is 12.4 Å². The van der Waals surface area contributed by atoms with E-state index in [2.05, 4.69) is 18.3 Å². The topological polar surface area (TPSA) is 21.3 Å². The van der Waals surface area contributed by atoms with Gasteiger partial charge in [0.05, 0.1) is 10.0 Å². The van der Waals surface area contributed by atoms with E-state index in [1.54, 1.807) is 6.07 Å². The summed E-state index contributed by atoms with van der Waals surface area (Å²) in [5.74, 6) is 0.853. The molecule has 0 bridgehead atoms. The molecule has 0 amide bonds. The van der Waals surface area contributed by atoms with Crippen LogP contribution in [0.25, 0.3) is 0 Å². The largest absolute Gasteiger partial charge is 0.489 e. The van der Waals surface area contributed by atoms with E-state index in [4.69, 9.17) is 27.9 Å². The van der Waals surface area contributed by atoms with E-state index in [9.17, 15) is 0 Å². The lowest BCUT2D eigenvalue weighted by atomic mass is 10.2. The SMILES string of the molecule is CCNCc1cccc(OCc2ccc(Cl)c(Cl)c2)c1. The van der Waals surface area contributed by atoms with E-state index < -0.39 is 0 Å². The van der Waals surface area contributed by atoms with E-state index in [0.29, 0.717) is 16.7 Å². The van der Waals surface area contributed by atoms with Crippen LogP contribution in [0.3, 0.4) is 0 Å². The molecule has 0 heterocycles. The van der Waals surface area contributed by atoms with Gasteiger partial charge in [0, 0.05) is 6.54 Å². The van der Waals surface area contributed by atoms with Crippen LogP contribution in [0.4, 0.5) is 0 Å². The molecule has 106 valence electrons. The van der Waals surface area contributed by atoms with Crippen molar-refractivity contribution in [1.82, 2.24) is 5.32 Å². The summed E-state index contributed by atoms with van der Waals surface area (Å²) in [6.45, 7) is 4.36. The van der Waals surface area contributed by atoms with Crippen molar-refractivity contribution in [2.45, 2.75) is 20.1 Å². The van der Waals surface area contributed by atoms with Crippen molar-refractivity contribution in [2.24, 2.45) is 0 Å². The summed E-state index contributed by atoms with van der Waals surface area (Å²) in [5.41, 5.74) is 2.20. The summed E-state index contributed by atoms with van der Waals surface area (Å²) >= 11 is 11.9. The maximum Gasteiger partial charge on any atom is 0.120 e. The molecule has 2 aromatic carbocycles. The van der Waals surface area contributed by atoms with E-state index in [1.807, 2.05) is 30.3 Å².